The van der Waals surface area contributed by atoms with Crippen LogP contribution in [0.25, 0.3) is 11.3 Å². The highest BCUT2D eigenvalue weighted by Crippen LogP contribution is 2.32. The van der Waals surface area contributed by atoms with E-state index < -0.39 is 0 Å². The summed E-state index contributed by atoms with van der Waals surface area (Å²) in [6.07, 6.45) is 17.4. The largest absolute Gasteiger partial charge is 0.256 e. The van der Waals surface area contributed by atoms with Crippen LogP contribution in [0.2, 0.25) is 5.02 Å². The lowest BCUT2D eigenvalue weighted by molar-refractivity contribution is 0.296. The number of allylic oxidation sites excluding steroid dienone is 2. The van der Waals surface area contributed by atoms with Crippen LogP contribution in [0.5, 0.6) is 0 Å². The van der Waals surface area contributed by atoms with Gasteiger partial charge < -0.3 is 0 Å². The van der Waals surface area contributed by atoms with E-state index in [2.05, 4.69) is 36.2 Å². The average Bonchev–Trinajstić information content (AvgIpc) is 2.69. The minimum atomic E-state index is 0.765. The molecule has 1 aromatic carbocycles. The van der Waals surface area contributed by atoms with Crippen molar-refractivity contribution in [1.82, 2.24) is 4.98 Å². The Morgan fingerprint density at radius 1 is 1.04 bits per heavy atom. The van der Waals surface area contributed by atoms with Crippen LogP contribution in [0.4, 0.5) is 0 Å². The molecular weight excluding hydrogens is 338 g/mol. The van der Waals surface area contributed by atoms with Crippen LogP contribution in [0.3, 0.4) is 0 Å². The number of pyridine rings is 1. The van der Waals surface area contributed by atoms with Crippen molar-refractivity contribution in [3.8, 4) is 11.3 Å². The SMILES string of the molecule is CCCC=CC1CCC(CCc2ccc(-c3ccc(Cl)cc3)nc2)CC1. The lowest BCUT2D eigenvalue weighted by atomic mass is 9.79. The molecule has 2 aromatic rings. The second-order valence-electron chi connectivity index (χ2n) is 7.59. The van der Waals surface area contributed by atoms with E-state index in [9.17, 15) is 0 Å². The fourth-order valence-corrected chi connectivity index (χ4v) is 3.99. The third kappa shape index (κ3) is 5.71. The van der Waals surface area contributed by atoms with Gasteiger partial charge in [0.1, 0.15) is 0 Å². The zero-order valence-electron chi connectivity index (χ0n) is 15.8. The predicted octanol–water partition coefficient (Wildman–Crippen LogP) is 7.50. The molecule has 26 heavy (non-hydrogen) atoms. The van der Waals surface area contributed by atoms with Gasteiger partial charge in [0.25, 0.3) is 0 Å². The van der Waals surface area contributed by atoms with Crippen molar-refractivity contribution in [1.29, 1.82) is 0 Å². The summed E-state index contributed by atoms with van der Waals surface area (Å²) in [5, 5.41) is 0.765. The Hall–Kier alpha value is -1.60. The molecule has 0 spiro atoms. The average molecular weight is 368 g/mol. The maximum atomic E-state index is 5.96. The molecule has 1 nitrogen and oxygen atoms in total. The molecule has 1 saturated carbocycles. The lowest BCUT2D eigenvalue weighted by Gasteiger charge is -2.26. The van der Waals surface area contributed by atoms with Gasteiger partial charge >= 0.3 is 0 Å². The van der Waals surface area contributed by atoms with E-state index in [1.807, 2.05) is 30.5 Å². The summed E-state index contributed by atoms with van der Waals surface area (Å²) in [5.41, 5.74) is 3.49. The standard InChI is InChI=1S/C24H30ClN/c1-2-3-4-5-19-6-8-20(9-7-19)10-11-21-12-17-24(26-18-21)22-13-15-23(25)16-14-22/h4-5,12-20H,2-3,6-11H2,1H3. The molecule has 1 aliphatic carbocycles. The van der Waals surface area contributed by atoms with E-state index in [1.54, 1.807) is 0 Å². The molecule has 0 unspecified atom stereocenters. The Labute approximate surface area is 163 Å². The molecule has 0 radical (unpaired) electrons. The summed E-state index contributed by atoms with van der Waals surface area (Å²) in [5.74, 6) is 1.72. The van der Waals surface area contributed by atoms with E-state index in [0.717, 1.165) is 34.5 Å². The van der Waals surface area contributed by atoms with Crippen molar-refractivity contribution in [2.75, 3.05) is 0 Å². The Balaban J connectivity index is 1.45. The van der Waals surface area contributed by atoms with Gasteiger partial charge in [-0.25, -0.2) is 0 Å². The van der Waals surface area contributed by atoms with E-state index in [-0.39, 0.29) is 0 Å². The van der Waals surface area contributed by atoms with Gasteiger partial charge in [-0.05, 0) is 80.5 Å². The topological polar surface area (TPSA) is 12.9 Å². The number of halogens is 1. The van der Waals surface area contributed by atoms with Crippen molar-refractivity contribution in [3.05, 3.63) is 65.3 Å². The first kappa shape index (κ1) is 19.2. The molecule has 0 saturated heterocycles. The third-order valence-electron chi connectivity index (χ3n) is 5.56. The van der Waals surface area contributed by atoms with Gasteiger partial charge in [-0.2, -0.15) is 0 Å². The number of hydrogen-bond donors (Lipinski definition) is 0. The molecule has 1 aromatic heterocycles. The number of benzene rings is 1. The van der Waals surface area contributed by atoms with Crippen LogP contribution < -0.4 is 0 Å². The quantitative estimate of drug-likeness (QED) is 0.461. The summed E-state index contributed by atoms with van der Waals surface area (Å²) in [4.78, 5) is 4.64. The van der Waals surface area contributed by atoms with Gasteiger partial charge in [0.05, 0.1) is 5.69 Å². The van der Waals surface area contributed by atoms with Crippen LogP contribution in [-0.2, 0) is 6.42 Å². The van der Waals surface area contributed by atoms with Crippen molar-refractivity contribution in [3.63, 3.8) is 0 Å². The summed E-state index contributed by atoms with van der Waals surface area (Å²) in [7, 11) is 0. The zero-order valence-corrected chi connectivity index (χ0v) is 16.6. The first-order valence-electron chi connectivity index (χ1n) is 10.1. The highest BCUT2D eigenvalue weighted by Gasteiger charge is 2.19. The number of hydrogen-bond acceptors (Lipinski definition) is 1. The third-order valence-corrected chi connectivity index (χ3v) is 5.81. The predicted molar refractivity (Wildman–Crippen MR) is 113 cm³/mol. The fourth-order valence-electron chi connectivity index (χ4n) is 3.86. The number of aryl methyl sites for hydroxylation is 1. The molecule has 1 fully saturated rings. The van der Waals surface area contributed by atoms with Crippen molar-refractivity contribution in [2.45, 2.75) is 58.3 Å². The maximum Gasteiger partial charge on any atom is 0.0702 e. The molecule has 0 bridgehead atoms. The molecule has 1 heterocycles. The zero-order chi connectivity index (χ0) is 18.2. The van der Waals surface area contributed by atoms with E-state index >= 15 is 0 Å². The van der Waals surface area contributed by atoms with Gasteiger partial charge in [0, 0.05) is 16.8 Å². The second-order valence-corrected chi connectivity index (χ2v) is 8.03. The molecule has 0 N–H and O–H groups in total. The van der Waals surface area contributed by atoms with Crippen LogP contribution >= 0.6 is 11.6 Å². The van der Waals surface area contributed by atoms with Crippen LogP contribution in [0, 0.1) is 11.8 Å². The minimum Gasteiger partial charge on any atom is -0.256 e. The number of unbranched alkanes of at least 4 members (excludes halogenated alkanes) is 1. The first-order chi connectivity index (χ1) is 12.7. The van der Waals surface area contributed by atoms with Gasteiger partial charge in [0.15, 0.2) is 0 Å². The fraction of sp³-hybridized carbons (Fsp3) is 0.458. The molecule has 0 amide bonds. The Bertz CT molecular complexity index is 679. The van der Waals surface area contributed by atoms with Gasteiger partial charge in [-0.1, -0.05) is 55.3 Å². The Kier molecular flexibility index (Phi) is 7.32. The molecular formula is C24H30ClN. The van der Waals surface area contributed by atoms with Crippen molar-refractivity contribution >= 4 is 11.6 Å². The number of rotatable bonds is 7. The highest BCUT2D eigenvalue weighted by atomic mass is 35.5. The minimum absolute atomic E-state index is 0.765. The van der Waals surface area contributed by atoms with Gasteiger partial charge in [0.2, 0.25) is 0 Å². The smallest absolute Gasteiger partial charge is 0.0702 e. The normalized spacial score (nSPS) is 20.5. The van der Waals surface area contributed by atoms with Gasteiger partial charge in [-0.3, -0.25) is 4.98 Å². The lowest BCUT2D eigenvalue weighted by Crippen LogP contribution is -2.13. The monoisotopic (exact) mass is 367 g/mol. The molecule has 1 aliphatic rings. The molecule has 2 heteroatoms. The van der Waals surface area contributed by atoms with Gasteiger partial charge in [-0.15, -0.1) is 0 Å². The molecule has 3 rings (SSSR count). The van der Waals surface area contributed by atoms with Crippen LogP contribution in [-0.4, -0.2) is 4.98 Å². The maximum absolute atomic E-state index is 5.96. The Morgan fingerprint density at radius 3 is 2.46 bits per heavy atom. The summed E-state index contributed by atoms with van der Waals surface area (Å²) in [6.45, 7) is 2.25. The molecule has 138 valence electrons. The van der Waals surface area contributed by atoms with Crippen LogP contribution in [0.15, 0.2) is 54.7 Å². The van der Waals surface area contributed by atoms with Crippen molar-refractivity contribution < 1.29 is 0 Å². The summed E-state index contributed by atoms with van der Waals surface area (Å²) < 4.78 is 0. The molecule has 0 aliphatic heterocycles. The first-order valence-corrected chi connectivity index (χ1v) is 10.5. The van der Waals surface area contributed by atoms with E-state index in [1.165, 1.54) is 50.5 Å². The summed E-state index contributed by atoms with van der Waals surface area (Å²) in [6, 6.07) is 12.3. The van der Waals surface area contributed by atoms with Crippen LogP contribution in [0.1, 0.15) is 57.4 Å². The van der Waals surface area contributed by atoms with E-state index in [0.29, 0.717) is 0 Å². The van der Waals surface area contributed by atoms with E-state index in [4.69, 9.17) is 11.6 Å². The summed E-state index contributed by atoms with van der Waals surface area (Å²) >= 11 is 5.96. The Morgan fingerprint density at radius 2 is 1.81 bits per heavy atom. The number of aromatic nitrogens is 1. The second kappa shape index (κ2) is 9.92. The number of nitrogens with zero attached hydrogens (tertiary/aromatic N) is 1. The molecule has 0 atom stereocenters. The highest BCUT2D eigenvalue weighted by molar-refractivity contribution is 6.30. The van der Waals surface area contributed by atoms with Crippen molar-refractivity contribution in [2.24, 2.45) is 11.8 Å².